The molecule has 3 aliphatic rings. The van der Waals surface area contributed by atoms with E-state index in [1.807, 2.05) is 6.92 Å². The Kier molecular flexibility index (Phi) is 7.02. The van der Waals surface area contributed by atoms with E-state index in [1.165, 1.54) is 56.5 Å². The summed E-state index contributed by atoms with van der Waals surface area (Å²) >= 11 is 0. The molecule has 0 unspecified atom stereocenters. The van der Waals surface area contributed by atoms with Crippen LogP contribution in [0.15, 0.2) is 47.4 Å². The molecule has 9 nitrogen and oxygen atoms in total. The maximum atomic E-state index is 13.1. The molecule has 1 amide bonds. The zero-order chi connectivity index (χ0) is 26.2. The minimum Gasteiger partial charge on any atom is -0.486 e. The van der Waals surface area contributed by atoms with Gasteiger partial charge in [0.25, 0.3) is 15.9 Å². The van der Waals surface area contributed by atoms with Crippen molar-refractivity contribution in [3.8, 4) is 11.5 Å². The number of nitrogens with one attached hydrogen (secondary N) is 2. The molecule has 5 atom stereocenters. The minimum absolute atomic E-state index is 0.00409. The number of hydrogen-bond donors (Lipinski definition) is 2. The van der Waals surface area contributed by atoms with Crippen molar-refractivity contribution >= 4 is 27.6 Å². The Morgan fingerprint density at radius 2 is 1.76 bits per heavy atom. The monoisotopic (exact) mass is 528 g/mol. The molecule has 0 radical (unpaired) electrons. The second-order valence-electron chi connectivity index (χ2n) is 10.1. The van der Waals surface area contributed by atoms with E-state index in [4.69, 9.17) is 14.2 Å². The van der Waals surface area contributed by atoms with Crippen molar-refractivity contribution in [1.82, 2.24) is 5.32 Å². The van der Waals surface area contributed by atoms with Crippen molar-refractivity contribution in [3.05, 3.63) is 48.0 Å². The topological polar surface area (TPSA) is 120 Å². The molecule has 0 spiro atoms. The van der Waals surface area contributed by atoms with Crippen molar-refractivity contribution in [2.45, 2.75) is 56.6 Å². The summed E-state index contributed by atoms with van der Waals surface area (Å²) in [7, 11) is -4.05. The average molecular weight is 529 g/mol. The van der Waals surface area contributed by atoms with Gasteiger partial charge in [-0.05, 0) is 75.1 Å². The molecule has 2 fully saturated rings. The average Bonchev–Trinajstić information content (AvgIpc) is 3.52. The fourth-order valence-electron chi connectivity index (χ4n) is 5.78. The fraction of sp³-hybridized carbons (Fsp3) is 0.481. The van der Waals surface area contributed by atoms with Crippen molar-refractivity contribution in [1.29, 1.82) is 0 Å². The molecule has 10 heteroatoms. The lowest BCUT2D eigenvalue weighted by Gasteiger charge is -2.29. The molecule has 2 aromatic rings. The number of benzene rings is 2. The maximum Gasteiger partial charge on any atom is 0.341 e. The van der Waals surface area contributed by atoms with Gasteiger partial charge in [-0.1, -0.05) is 18.6 Å². The molecule has 198 valence electrons. The normalized spacial score (nSPS) is 23.7. The van der Waals surface area contributed by atoms with Crippen LogP contribution in [0, 0.1) is 17.8 Å². The summed E-state index contributed by atoms with van der Waals surface area (Å²) in [4.78, 5) is 25.7. The van der Waals surface area contributed by atoms with Crippen molar-refractivity contribution in [2.75, 3.05) is 17.9 Å². The van der Waals surface area contributed by atoms with E-state index in [0.29, 0.717) is 36.5 Å². The lowest BCUT2D eigenvalue weighted by molar-refractivity contribution is -0.130. The standard InChI is InChI=1S/C27H32N2O7S/c1-16(22-14-18-7-8-19(22)13-18)28-26(30)17(2)36-27(31)21-5-3-4-6-23(21)29-37(32,33)20-9-10-24-25(15-20)35-12-11-34-24/h3-6,9-10,15-19,22,29H,7-8,11-14H2,1-2H3,(H,28,30)/t16-,17-,18-,19-,22+/m0/s1. The zero-order valence-corrected chi connectivity index (χ0v) is 21.8. The molecular formula is C27H32N2O7S. The SMILES string of the molecule is C[C@H](OC(=O)c1ccccc1NS(=O)(=O)c1ccc2c(c1)OCCO2)C(=O)N[C@@H](C)[C@H]1C[C@H]2CC[C@H]1C2. The molecule has 2 N–H and O–H groups in total. The van der Waals surface area contributed by atoms with Crippen LogP contribution in [-0.4, -0.2) is 45.7 Å². The number of anilines is 1. The van der Waals surface area contributed by atoms with Gasteiger partial charge >= 0.3 is 5.97 Å². The summed E-state index contributed by atoms with van der Waals surface area (Å²) in [6.07, 6.45) is 3.86. The molecule has 1 aliphatic heterocycles. The first-order chi connectivity index (χ1) is 17.7. The number of esters is 1. The molecule has 2 aromatic carbocycles. The lowest BCUT2D eigenvalue weighted by Crippen LogP contribution is -2.45. The molecule has 2 bridgehead atoms. The number of para-hydroxylation sites is 1. The van der Waals surface area contributed by atoms with Gasteiger partial charge in [-0.25, -0.2) is 13.2 Å². The van der Waals surface area contributed by atoms with Gasteiger partial charge in [0.1, 0.15) is 13.2 Å². The third-order valence-electron chi connectivity index (χ3n) is 7.67. The first-order valence-electron chi connectivity index (χ1n) is 12.7. The van der Waals surface area contributed by atoms with E-state index in [2.05, 4.69) is 10.0 Å². The van der Waals surface area contributed by atoms with Crippen LogP contribution in [0.1, 0.15) is 49.9 Å². The Balaban J connectivity index is 1.24. The van der Waals surface area contributed by atoms with Gasteiger partial charge < -0.3 is 19.5 Å². The number of carbonyl (C=O) groups is 2. The Bertz CT molecular complexity index is 1300. The van der Waals surface area contributed by atoms with Gasteiger partial charge in [-0.3, -0.25) is 9.52 Å². The number of amides is 1. The second-order valence-corrected chi connectivity index (χ2v) is 11.8. The number of ether oxygens (including phenoxy) is 3. The van der Waals surface area contributed by atoms with Gasteiger partial charge in [0.15, 0.2) is 17.6 Å². The largest absolute Gasteiger partial charge is 0.486 e. The summed E-state index contributed by atoms with van der Waals surface area (Å²) in [6, 6.07) is 10.4. The predicted molar refractivity (Wildman–Crippen MR) is 136 cm³/mol. The van der Waals surface area contributed by atoms with Crippen LogP contribution < -0.4 is 19.5 Å². The molecule has 2 saturated carbocycles. The number of rotatable bonds is 8. The van der Waals surface area contributed by atoms with E-state index < -0.39 is 22.1 Å². The van der Waals surface area contributed by atoms with E-state index in [-0.39, 0.29) is 28.1 Å². The van der Waals surface area contributed by atoms with Crippen LogP contribution in [0.5, 0.6) is 11.5 Å². The predicted octanol–water partition coefficient (Wildman–Crippen LogP) is 3.74. The van der Waals surface area contributed by atoms with Crippen molar-refractivity contribution in [2.24, 2.45) is 17.8 Å². The van der Waals surface area contributed by atoms with Gasteiger partial charge in [0.2, 0.25) is 0 Å². The molecule has 0 aromatic heterocycles. The van der Waals surface area contributed by atoms with Gasteiger partial charge in [-0.2, -0.15) is 0 Å². The molecule has 0 saturated heterocycles. The highest BCUT2D eigenvalue weighted by atomic mass is 32.2. The maximum absolute atomic E-state index is 13.1. The lowest BCUT2D eigenvalue weighted by atomic mass is 9.84. The van der Waals surface area contributed by atoms with Crippen LogP contribution >= 0.6 is 0 Å². The van der Waals surface area contributed by atoms with E-state index >= 15 is 0 Å². The molecule has 1 heterocycles. The third-order valence-corrected chi connectivity index (χ3v) is 9.04. The number of hydrogen-bond acceptors (Lipinski definition) is 7. The quantitative estimate of drug-likeness (QED) is 0.501. The Morgan fingerprint density at radius 3 is 2.49 bits per heavy atom. The van der Waals surface area contributed by atoms with Crippen LogP contribution in [0.3, 0.4) is 0 Å². The molecular weight excluding hydrogens is 496 g/mol. The number of carbonyl (C=O) groups excluding carboxylic acids is 2. The molecule has 37 heavy (non-hydrogen) atoms. The highest BCUT2D eigenvalue weighted by Gasteiger charge is 2.42. The third kappa shape index (κ3) is 5.39. The number of sulfonamides is 1. The zero-order valence-electron chi connectivity index (χ0n) is 20.9. The Hall–Kier alpha value is -3.27. The summed E-state index contributed by atoms with van der Waals surface area (Å²) < 4.78 is 45.0. The highest BCUT2D eigenvalue weighted by molar-refractivity contribution is 7.92. The van der Waals surface area contributed by atoms with Crippen LogP contribution in [-0.2, 0) is 19.6 Å². The fourth-order valence-corrected chi connectivity index (χ4v) is 6.87. The van der Waals surface area contributed by atoms with Crippen LogP contribution in [0.2, 0.25) is 0 Å². The van der Waals surface area contributed by atoms with E-state index in [9.17, 15) is 18.0 Å². The smallest absolute Gasteiger partial charge is 0.341 e. The summed E-state index contributed by atoms with van der Waals surface area (Å²) in [5.41, 5.74) is 0.0507. The Labute approximate surface area is 216 Å². The highest BCUT2D eigenvalue weighted by Crippen LogP contribution is 2.49. The van der Waals surface area contributed by atoms with Gasteiger partial charge in [0.05, 0.1) is 16.1 Å². The van der Waals surface area contributed by atoms with E-state index in [1.54, 1.807) is 12.1 Å². The second kappa shape index (κ2) is 10.2. The van der Waals surface area contributed by atoms with Crippen LogP contribution in [0.4, 0.5) is 5.69 Å². The van der Waals surface area contributed by atoms with Crippen molar-refractivity contribution in [3.63, 3.8) is 0 Å². The van der Waals surface area contributed by atoms with Crippen molar-refractivity contribution < 1.29 is 32.2 Å². The van der Waals surface area contributed by atoms with Gasteiger partial charge in [-0.15, -0.1) is 0 Å². The van der Waals surface area contributed by atoms with Gasteiger partial charge in [0, 0.05) is 12.1 Å². The first-order valence-corrected chi connectivity index (χ1v) is 14.2. The number of fused-ring (bicyclic) bond motifs is 3. The van der Waals surface area contributed by atoms with Crippen LogP contribution in [0.25, 0.3) is 0 Å². The summed E-state index contributed by atoms with van der Waals surface area (Å²) in [5.74, 6) is 1.53. The molecule has 5 rings (SSSR count). The first kappa shape index (κ1) is 25.4. The Morgan fingerprint density at radius 1 is 1.00 bits per heavy atom. The summed E-state index contributed by atoms with van der Waals surface area (Å²) in [5, 5.41) is 3.01. The minimum atomic E-state index is -4.05. The van der Waals surface area contributed by atoms with E-state index in [0.717, 1.165) is 12.3 Å². The molecule has 2 aliphatic carbocycles. The summed E-state index contributed by atoms with van der Waals surface area (Å²) in [6.45, 7) is 4.25.